The van der Waals surface area contributed by atoms with Gasteiger partial charge in [0.05, 0.1) is 24.9 Å². The van der Waals surface area contributed by atoms with Crippen molar-refractivity contribution in [1.82, 2.24) is 4.90 Å². The molecule has 0 aromatic heterocycles. The van der Waals surface area contributed by atoms with Gasteiger partial charge in [-0.1, -0.05) is 29.3 Å². The normalized spacial score (nSPS) is 15.2. The third-order valence-electron chi connectivity index (χ3n) is 5.10. The third kappa shape index (κ3) is 5.32. The van der Waals surface area contributed by atoms with E-state index in [0.29, 0.717) is 65.3 Å². The molecule has 1 amide bonds. The molecule has 0 bridgehead atoms. The number of amides is 1. The highest BCUT2D eigenvalue weighted by atomic mass is 35.5. The van der Waals surface area contributed by atoms with Crippen LogP contribution < -0.4 is 14.8 Å². The van der Waals surface area contributed by atoms with Gasteiger partial charge in [-0.3, -0.25) is 9.69 Å². The zero-order valence-corrected chi connectivity index (χ0v) is 17.8. The van der Waals surface area contributed by atoms with Crippen LogP contribution in [-0.4, -0.2) is 38.1 Å². The number of hydrogen-bond acceptors (Lipinski definition) is 4. The van der Waals surface area contributed by atoms with Gasteiger partial charge in [0.2, 0.25) is 5.91 Å². The number of methoxy groups -OCH3 is 2. The van der Waals surface area contributed by atoms with Crippen LogP contribution in [0.1, 0.15) is 18.4 Å². The van der Waals surface area contributed by atoms with E-state index in [1.54, 1.807) is 24.3 Å². The third-order valence-corrected chi connectivity index (χ3v) is 5.63. The molecule has 0 unspecified atom stereocenters. The van der Waals surface area contributed by atoms with Crippen LogP contribution in [0.4, 0.5) is 10.1 Å². The number of nitrogens with zero attached hydrogens (tertiary/aromatic N) is 1. The summed E-state index contributed by atoms with van der Waals surface area (Å²) >= 11 is 11.9. The second-order valence-electron chi connectivity index (χ2n) is 6.96. The van der Waals surface area contributed by atoms with Crippen molar-refractivity contribution >= 4 is 34.8 Å². The highest BCUT2D eigenvalue weighted by Crippen LogP contribution is 2.36. The lowest BCUT2D eigenvalue weighted by Gasteiger charge is -2.31. The molecule has 0 atom stereocenters. The molecule has 1 aliphatic heterocycles. The number of ether oxygens (including phenoxy) is 2. The van der Waals surface area contributed by atoms with Crippen molar-refractivity contribution in [2.75, 3.05) is 32.6 Å². The molecule has 156 valence electrons. The minimum Gasteiger partial charge on any atom is -0.495 e. The quantitative estimate of drug-likeness (QED) is 0.686. The summed E-state index contributed by atoms with van der Waals surface area (Å²) in [5.74, 6) is 0.418. The molecular formula is C21H23Cl2FN2O3. The second-order valence-corrected chi connectivity index (χ2v) is 7.81. The van der Waals surface area contributed by atoms with Gasteiger partial charge in [0, 0.05) is 35.2 Å². The van der Waals surface area contributed by atoms with E-state index in [1.165, 1.54) is 20.3 Å². The van der Waals surface area contributed by atoms with Crippen LogP contribution in [0.25, 0.3) is 0 Å². The fourth-order valence-electron chi connectivity index (χ4n) is 3.44. The molecule has 0 spiro atoms. The Bertz CT molecular complexity index is 886. The number of likely N-dealkylation sites (tertiary alicyclic amines) is 1. The summed E-state index contributed by atoms with van der Waals surface area (Å²) in [6, 6.07) is 7.98. The van der Waals surface area contributed by atoms with Crippen LogP contribution in [-0.2, 0) is 11.3 Å². The van der Waals surface area contributed by atoms with E-state index < -0.39 is 0 Å². The molecule has 5 nitrogen and oxygen atoms in total. The Morgan fingerprint density at radius 2 is 1.83 bits per heavy atom. The number of anilines is 1. The van der Waals surface area contributed by atoms with Gasteiger partial charge in [0.1, 0.15) is 17.3 Å². The average molecular weight is 441 g/mol. The van der Waals surface area contributed by atoms with Gasteiger partial charge in [-0.15, -0.1) is 0 Å². The average Bonchev–Trinajstić information content (AvgIpc) is 2.71. The molecular weight excluding hydrogens is 418 g/mol. The van der Waals surface area contributed by atoms with Crippen molar-refractivity contribution in [3.8, 4) is 11.5 Å². The van der Waals surface area contributed by atoms with E-state index in [4.69, 9.17) is 32.7 Å². The highest BCUT2D eigenvalue weighted by molar-refractivity contribution is 6.32. The topological polar surface area (TPSA) is 50.8 Å². The molecule has 2 aromatic rings. The van der Waals surface area contributed by atoms with Crippen LogP contribution in [0.5, 0.6) is 11.5 Å². The van der Waals surface area contributed by atoms with Crippen LogP contribution in [0.2, 0.25) is 10.0 Å². The molecule has 0 radical (unpaired) electrons. The number of rotatable bonds is 6. The van der Waals surface area contributed by atoms with Crippen molar-refractivity contribution in [1.29, 1.82) is 0 Å². The monoisotopic (exact) mass is 440 g/mol. The minimum atomic E-state index is -0.304. The first-order valence-electron chi connectivity index (χ1n) is 9.30. The zero-order chi connectivity index (χ0) is 21.0. The van der Waals surface area contributed by atoms with Gasteiger partial charge in [0.15, 0.2) is 0 Å². The van der Waals surface area contributed by atoms with Gasteiger partial charge >= 0.3 is 0 Å². The Kier molecular flexibility index (Phi) is 7.22. The van der Waals surface area contributed by atoms with E-state index in [-0.39, 0.29) is 17.6 Å². The van der Waals surface area contributed by atoms with E-state index in [1.807, 2.05) is 0 Å². The van der Waals surface area contributed by atoms with Gasteiger partial charge in [-0.2, -0.15) is 0 Å². The number of benzene rings is 2. The molecule has 1 saturated heterocycles. The summed E-state index contributed by atoms with van der Waals surface area (Å²) in [6.07, 6.45) is 1.38. The largest absolute Gasteiger partial charge is 0.495 e. The van der Waals surface area contributed by atoms with Gasteiger partial charge in [0.25, 0.3) is 0 Å². The molecule has 1 heterocycles. The van der Waals surface area contributed by atoms with E-state index in [0.717, 1.165) is 0 Å². The number of carbonyl (C=O) groups is 1. The molecule has 29 heavy (non-hydrogen) atoms. The summed E-state index contributed by atoms with van der Waals surface area (Å²) in [5.41, 5.74) is 1.12. The summed E-state index contributed by atoms with van der Waals surface area (Å²) in [6.45, 7) is 1.92. The molecule has 1 N–H and O–H groups in total. The number of carbonyl (C=O) groups excluding carboxylic acids is 1. The Labute approximate surface area is 179 Å². The maximum atomic E-state index is 14.0. The maximum Gasteiger partial charge on any atom is 0.227 e. The smallest absolute Gasteiger partial charge is 0.227 e. The molecule has 0 aliphatic carbocycles. The lowest BCUT2D eigenvalue weighted by molar-refractivity contribution is -0.121. The van der Waals surface area contributed by atoms with Gasteiger partial charge in [-0.05, 0) is 38.1 Å². The predicted molar refractivity (Wildman–Crippen MR) is 113 cm³/mol. The summed E-state index contributed by atoms with van der Waals surface area (Å²) in [7, 11) is 3.03. The Hall–Kier alpha value is -2.02. The minimum absolute atomic E-state index is 0.0787. The summed E-state index contributed by atoms with van der Waals surface area (Å²) < 4.78 is 24.5. The van der Waals surface area contributed by atoms with Crippen LogP contribution in [0, 0.1) is 11.7 Å². The lowest BCUT2D eigenvalue weighted by Crippen LogP contribution is -2.38. The molecule has 1 fully saturated rings. The number of piperidine rings is 1. The van der Waals surface area contributed by atoms with Crippen LogP contribution in [0.3, 0.4) is 0 Å². The van der Waals surface area contributed by atoms with Crippen molar-refractivity contribution < 1.29 is 18.7 Å². The molecule has 3 rings (SSSR count). The molecule has 8 heteroatoms. The Morgan fingerprint density at radius 3 is 2.45 bits per heavy atom. The summed E-state index contributed by atoms with van der Waals surface area (Å²) in [5, 5.41) is 3.71. The van der Waals surface area contributed by atoms with E-state index in [9.17, 15) is 9.18 Å². The first-order chi connectivity index (χ1) is 13.9. The van der Waals surface area contributed by atoms with Crippen molar-refractivity contribution in [2.45, 2.75) is 19.4 Å². The first-order valence-corrected chi connectivity index (χ1v) is 10.1. The van der Waals surface area contributed by atoms with Crippen molar-refractivity contribution in [3.63, 3.8) is 0 Å². The standard InChI is InChI=1S/C21H23Cl2FN2O3/c1-28-19-11-18(20(29-2)10-16(19)23)25-21(27)13-5-7-26(8-6-13)12-14-3-4-15(22)9-17(14)24/h3-4,9-11,13H,5-8,12H2,1-2H3,(H,25,27). The fourth-order valence-corrected chi connectivity index (χ4v) is 3.83. The maximum absolute atomic E-state index is 14.0. The van der Waals surface area contributed by atoms with Crippen molar-refractivity contribution in [2.24, 2.45) is 5.92 Å². The molecule has 0 saturated carbocycles. The Morgan fingerprint density at radius 1 is 1.14 bits per heavy atom. The van der Waals surface area contributed by atoms with E-state index >= 15 is 0 Å². The summed E-state index contributed by atoms with van der Waals surface area (Å²) in [4.78, 5) is 14.9. The number of nitrogens with one attached hydrogen (secondary N) is 1. The zero-order valence-electron chi connectivity index (χ0n) is 16.3. The second kappa shape index (κ2) is 9.65. The highest BCUT2D eigenvalue weighted by Gasteiger charge is 2.26. The van der Waals surface area contributed by atoms with Gasteiger partial charge in [-0.25, -0.2) is 4.39 Å². The van der Waals surface area contributed by atoms with Crippen LogP contribution in [0.15, 0.2) is 30.3 Å². The number of hydrogen-bond donors (Lipinski definition) is 1. The molecule has 2 aromatic carbocycles. The van der Waals surface area contributed by atoms with Crippen LogP contribution >= 0.6 is 23.2 Å². The predicted octanol–water partition coefficient (Wildman–Crippen LogP) is 5.00. The number of halogens is 3. The SMILES string of the molecule is COc1cc(NC(=O)C2CCN(Cc3ccc(Cl)cc3F)CC2)c(OC)cc1Cl. The first kappa shape index (κ1) is 21.7. The van der Waals surface area contributed by atoms with Crippen molar-refractivity contribution in [3.05, 3.63) is 51.8 Å². The Balaban J connectivity index is 1.59. The fraction of sp³-hybridized carbons (Fsp3) is 0.381. The van der Waals surface area contributed by atoms with E-state index in [2.05, 4.69) is 10.2 Å². The molecule has 1 aliphatic rings. The lowest BCUT2D eigenvalue weighted by atomic mass is 9.95. The van der Waals surface area contributed by atoms with Gasteiger partial charge < -0.3 is 14.8 Å².